The average molecular weight is 375 g/mol. The second kappa shape index (κ2) is 6.73. The van der Waals surface area contributed by atoms with Crippen LogP contribution in [0.1, 0.15) is 48.5 Å². The third kappa shape index (κ3) is 2.83. The summed E-state index contributed by atoms with van der Waals surface area (Å²) in [5.74, 6) is 2.11. The first-order valence-corrected chi connectivity index (χ1v) is 10.8. The van der Waals surface area contributed by atoms with Crippen molar-refractivity contribution in [3.05, 3.63) is 16.8 Å². The molecule has 0 radical (unpaired) electrons. The summed E-state index contributed by atoms with van der Waals surface area (Å²) in [5, 5.41) is 1.21. The van der Waals surface area contributed by atoms with Crippen LogP contribution in [0.3, 0.4) is 0 Å². The van der Waals surface area contributed by atoms with Gasteiger partial charge in [0, 0.05) is 23.6 Å². The van der Waals surface area contributed by atoms with E-state index in [9.17, 15) is 0 Å². The molecule has 0 unspecified atom stereocenters. The standard InChI is InChI=1S/C20H27N3O2S/c1-23(2)13-3-5-14(6-4-13)25-19-18-17-15(12-9-24-10-12)7-8-16(17)26-20(18)22-11-21-19/h11-15H,3-10H2,1-2H3/p+1/t13?,14?,15-/m1/s1. The Kier molecular flexibility index (Phi) is 4.38. The van der Waals surface area contributed by atoms with E-state index in [2.05, 4.69) is 24.1 Å². The minimum absolute atomic E-state index is 0.297. The second-order valence-electron chi connectivity index (χ2n) is 8.41. The predicted octanol–water partition coefficient (Wildman–Crippen LogP) is 2.20. The molecular weight excluding hydrogens is 346 g/mol. The molecule has 2 fully saturated rings. The normalized spacial score (nSPS) is 29.1. The number of hydrogen-bond donors (Lipinski definition) is 1. The first-order chi connectivity index (χ1) is 12.7. The number of aromatic nitrogens is 2. The van der Waals surface area contributed by atoms with Crippen molar-refractivity contribution in [2.75, 3.05) is 27.3 Å². The van der Waals surface area contributed by atoms with E-state index in [1.165, 1.54) is 41.5 Å². The lowest BCUT2D eigenvalue weighted by Crippen LogP contribution is -3.10. The fourth-order valence-electron chi connectivity index (χ4n) is 4.94. The molecule has 1 atom stereocenters. The molecule has 1 N–H and O–H groups in total. The van der Waals surface area contributed by atoms with E-state index in [-0.39, 0.29) is 0 Å². The van der Waals surface area contributed by atoms with Crippen molar-refractivity contribution in [2.45, 2.75) is 56.6 Å². The van der Waals surface area contributed by atoms with Gasteiger partial charge in [-0.1, -0.05) is 0 Å². The van der Waals surface area contributed by atoms with Crippen molar-refractivity contribution in [3.63, 3.8) is 0 Å². The summed E-state index contributed by atoms with van der Waals surface area (Å²) in [6.45, 7) is 1.81. The number of hydrogen-bond acceptors (Lipinski definition) is 5. The van der Waals surface area contributed by atoms with E-state index in [0.717, 1.165) is 42.8 Å². The number of fused-ring (bicyclic) bond motifs is 3. The molecule has 26 heavy (non-hydrogen) atoms. The zero-order chi connectivity index (χ0) is 17.7. The summed E-state index contributed by atoms with van der Waals surface area (Å²) in [4.78, 5) is 13.3. The molecule has 0 spiro atoms. The van der Waals surface area contributed by atoms with E-state index in [1.54, 1.807) is 11.2 Å². The zero-order valence-corrected chi connectivity index (χ0v) is 16.5. The van der Waals surface area contributed by atoms with E-state index in [0.29, 0.717) is 17.9 Å². The van der Waals surface area contributed by atoms with Gasteiger partial charge in [-0.05, 0) is 37.2 Å². The maximum absolute atomic E-state index is 6.48. The van der Waals surface area contributed by atoms with Crippen LogP contribution in [0.15, 0.2) is 6.33 Å². The largest absolute Gasteiger partial charge is 0.474 e. The van der Waals surface area contributed by atoms with Crippen LogP contribution >= 0.6 is 11.3 Å². The fraction of sp³-hybridized carbons (Fsp3) is 0.700. The lowest BCUT2D eigenvalue weighted by Gasteiger charge is -2.32. The van der Waals surface area contributed by atoms with Gasteiger partial charge in [-0.2, -0.15) is 0 Å². The molecule has 0 amide bonds. The Morgan fingerprint density at radius 2 is 1.92 bits per heavy atom. The maximum atomic E-state index is 6.48. The molecule has 140 valence electrons. The highest BCUT2D eigenvalue weighted by Crippen LogP contribution is 2.50. The summed E-state index contributed by atoms with van der Waals surface area (Å²) in [6, 6.07) is 0.772. The maximum Gasteiger partial charge on any atom is 0.225 e. The lowest BCUT2D eigenvalue weighted by atomic mass is 9.86. The number of thiophene rings is 1. The summed E-state index contributed by atoms with van der Waals surface area (Å²) in [6.07, 6.45) is 9.15. The van der Waals surface area contributed by atoms with Crippen LogP contribution in [0, 0.1) is 5.92 Å². The summed E-state index contributed by atoms with van der Waals surface area (Å²) < 4.78 is 11.9. The predicted molar refractivity (Wildman–Crippen MR) is 102 cm³/mol. The van der Waals surface area contributed by atoms with E-state index in [1.807, 2.05) is 11.3 Å². The molecule has 2 aromatic rings. The molecule has 2 aromatic heterocycles. The van der Waals surface area contributed by atoms with Crippen LogP contribution in [-0.2, 0) is 11.2 Å². The summed E-state index contributed by atoms with van der Waals surface area (Å²) in [5.41, 5.74) is 1.49. The van der Waals surface area contributed by atoms with Crippen LogP contribution in [0.25, 0.3) is 10.2 Å². The highest BCUT2D eigenvalue weighted by molar-refractivity contribution is 7.19. The number of ether oxygens (including phenoxy) is 2. The highest BCUT2D eigenvalue weighted by Gasteiger charge is 2.38. The molecule has 5 rings (SSSR count). The Labute approximate surface area is 158 Å². The molecule has 0 aromatic carbocycles. The van der Waals surface area contributed by atoms with Crippen molar-refractivity contribution in [2.24, 2.45) is 5.92 Å². The molecule has 3 heterocycles. The quantitative estimate of drug-likeness (QED) is 0.891. The number of aryl methyl sites for hydroxylation is 1. The monoisotopic (exact) mass is 374 g/mol. The van der Waals surface area contributed by atoms with Crippen molar-refractivity contribution in [1.82, 2.24) is 9.97 Å². The summed E-state index contributed by atoms with van der Waals surface area (Å²) >= 11 is 1.85. The van der Waals surface area contributed by atoms with E-state index >= 15 is 0 Å². The molecule has 1 aliphatic heterocycles. The van der Waals surface area contributed by atoms with Gasteiger partial charge >= 0.3 is 0 Å². The first kappa shape index (κ1) is 16.9. The fourth-order valence-corrected chi connectivity index (χ4v) is 6.16. The van der Waals surface area contributed by atoms with E-state index in [4.69, 9.17) is 9.47 Å². The van der Waals surface area contributed by atoms with Gasteiger partial charge < -0.3 is 14.4 Å². The Hall–Kier alpha value is -1.24. The molecule has 0 bridgehead atoms. The van der Waals surface area contributed by atoms with Gasteiger partial charge in [-0.15, -0.1) is 11.3 Å². The topological polar surface area (TPSA) is 48.7 Å². The Morgan fingerprint density at radius 3 is 2.62 bits per heavy atom. The van der Waals surface area contributed by atoms with Gasteiger partial charge in [-0.3, -0.25) is 0 Å². The van der Waals surface area contributed by atoms with E-state index < -0.39 is 0 Å². The Balaban J connectivity index is 1.42. The van der Waals surface area contributed by atoms with Crippen LogP contribution in [0.4, 0.5) is 0 Å². The molecule has 3 aliphatic rings. The van der Waals surface area contributed by atoms with Crippen LogP contribution in [0.5, 0.6) is 5.88 Å². The highest BCUT2D eigenvalue weighted by atomic mass is 32.1. The van der Waals surface area contributed by atoms with Crippen molar-refractivity contribution in [3.8, 4) is 5.88 Å². The van der Waals surface area contributed by atoms with Gasteiger partial charge in [0.2, 0.25) is 5.88 Å². The van der Waals surface area contributed by atoms with Crippen LogP contribution in [-0.4, -0.2) is 49.4 Å². The SMILES string of the molecule is C[NH+](C)C1CCC(Oc2ncnc3sc4c(c23)[C@@H](C2COC2)CC4)CC1. The number of nitrogens with one attached hydrogen (secondary N) is 1. The average Bonchev–Trinajstić information content (AvgIpc) is 3.14. The number of rotatable bonds is 4. The van der Waals surface area contributed by atoms with Crippen LogP contribution in [0.2, 0.25) is 0 Å². The molecule has 2 aliphatic carbocycles. The lowest BCUT2D eigenvalue weighted by molar-refractivity contribution is -0.887. The smallest absolute Gasteiger partial charge is 0.225 e. The van der Waals surface area contributed by atoms with Gasteiger partial charge in [-0.25, -0.2) is 9.97 Å². The second-order valence-corrected chi connectivity index (χ2v) is 9.49. The summed E-state index contributed by atoms with van der Waals surface area (Å²) in [7, 11) is 4.53. The minimum atomic E-state index is 0.297. The van der Waals surface area contributed by atoms with Crippen LogP contribution < -0.4 is 9.64 Å². The van der Waals surface area contributed by atoms with Gasteiger partial charge in [0.1, 0.15) is 17.3 Å². The minimum Gasteiger partial charge on any atom is -0.474 e. The van der Waals surface area contributed by atoms with Crippen molar-refractivity contribution in [1.29, 1.82) is 0 Å². The zero-order valence-electron chi connectivity index (χ0n) is 15.7. The Morgan fingerprint density at radius 1 is 1.12 bits per heavy atom. The molecule has 6 heteroatoms. The van der Waals surface area contributed by atoms with Gasteiger partial charge in [0.05, 0.1) is 38.7 Å². The van der Waals surface area contributed by atoms with Gasteiger partial charge in [0.25, 0.3) is 0 Å². The van der Waals surface area contributed by atoms with Gasteiger partial charge in [0.15, 0.2) is 0 Å². The third-order valence-corrected chi connectivity index (χ3v) is 7.80. The molecular formula is C20H28N3O2S+. The molecule has 1 saturated carbocycles. The molecule has 5 nitrogen and oxygen atoms in total. The first-order valence-electron chi connectivity index (χ1n) is 10.0. The van der Waals surface area contributed by atoms with Crippen molar-refractivity contribution < 1.29 is 14.4 Å². The van der Waals surface area contributed by atoms with Crippen molar-refractivity contribution >= 4 is 21.6 Å². The Bertz CT molecular complexity index is 794. The number of quaternary nitrogens is 1. The number of nitrogens with zero attached hydrogens (tertiary/aromatic N) is 2. The molecule has 1 saturated heterocycles. The third-order valence-electron chi connectivity index (χ3n) is 6.62.